The summed E-state index contributed by atoms with van der Waals surface area (Å²) in [6.07, 6.45) is 2.69. The minimum atomic E-state index is 0.729. The maximum Gasteiger partial charge on any atom is 0.0192 e. The molecule has 0 aromatic heterocycles. The fourth-order valence-corrected chi connectivity index (χ4v) is 1.51. The summed E-state index contributed by atoms with van der Waals surface area (Å²) in [5.41, 5.74) is 0. The topological polar surface area (TPSA) is 27.3 Å². The molecule has 0 unspecified atom stereocenters. The Labute approximate surface area is 75.5 Å². The highest BCUT2D eigenvalue weighted by Gasteiger charge is 2.12. The van der Waals surface area contributed by atoms with Crippen LogP contribution in [0.25, 0.3) is 0 Å². The monoisotopic (exact) mass is 171 g/mol. The van der Waals surface area contributed by atoms with Gasteiger partial charge >= 0.3 is 0 Å². The lowest BCUT2D eigenvalue weighted by atomic mass is 10.2. The van der Waals surface area contributed by atoms with Gasteiger partial charge in [-0.1, -0.05) is 0 Å². The van der Waals surface area contributed by atoms with E-state index in [1.54, 1.807) is 0 Å². The van der Waals surface area contributed by atoms with Crippen LogP contribution in [0.3, 0.4) is 0 Å². The molecule has 2 N–H and O–H groups in total. The summed E-state index contributed by atoms with van der Waals surface area (Å²) in [5, 5.41) is 6.92. The van der Waals surface area contributed by atoms with Gasteiger partial charge in [0.1, 0.15) is 0 Å². The molecule has 1 atom stereocenters. The van der Waals surface area contributed by atoms with E-state index in [1.807, 2.05) is 0 Å². The van der Waals surface area contributed by atoms with Crippen molar-refractivity contribution in [1.82, 2.24) is 15.5 Å². The lowest BCUT2D eigenvalue weighted by Crippen LogP contribution is -2.36. The smallest absolute Gasteiger partial charge is 0.0192 e. The molecule has 3 nitrogen and oxygen atoms in total. The van der Waals surface area contributed by atoms with E-state index in [-0.39, 0.29) is 0 Å². The number of nitrogens with one attached hydrogen (secondary N) is 2. The van der Waals surface area contributed by atoms with Gasteiger partial charge in [0.15, 0.2) is 0 Å². The molecule has 1 rings (SSSR count). The fourth-order valence-electron chi connectivity index (χ4n) is 1.51. The molecule has 1 saturated heterocycles. The lowest BCUT2D eigenvalue weighted by molar-refractivity contribution is 0.393. The second-order valence-electron chi connectivity index (χ2n) is 3.80. The van der Waals surface area contributed by atoms with Gasteiger partial charge in [-0.15, -0.1) is 0 Å². The average Bonchev–Trinajstić information content (AvgIpc) is 2.49. The van der Waals surface area contributed by atoms with Crippen molar-refractivity contribution in [3.8, 4) is 0 Å². The average molecular weight is 171 g/mol. The maximum absolute atomic E-state index is 3.47. The van der Waals surface area contributed by atoms with Crippen molar-refractivity contribution >= 4 is 0 Å². The number of likely N-dealkylation sites (N-methyl/N-ethyl adjacent to an activating group) is 1. The van der Waals surface area contributed by atoms with Gasteiger partial charge in [0, 0.05) is 25.7 Å². The van der Waals surface area contributed by atoms with Crippen molar-refractivity contribution in [3.63, 3.8) is 0 Å². The van der Waals surface area contributed by atoms with Crippen LogP contribution < -0.4 is 10.6 Å². The molecule has 72 valence electrons. The zero-order valence-corrected chi connectivity index (χ0v) is 8.27. The maximum atomic E-state index is 3.47. The molecule has 0 aromatic carbocycles. The summed E-state index contributed by atoms with van der Waals surface area (Å²) < 4.78 is 0. The summed E-state index contributed by atoms with van der Waals surface area (Å²) in [6.45, 7) is 4.58. The molecule has 0 aliphatic carbocycles. The normalized spacial score (nSPS) is 23.8. The molecule has 0 aromatic rings. The first kappa shape index (κ1) is 9.96. The van der Waals surface area contributed by atoms with E-state index in [0.717, 1.165) is 25.7 Å². The molecule has 0 amide bonds. The number of hydrogen-bond acceptors (Lipinski definition) is 3. The van der Waals surface area contributed by atoms with Gasteiger partial charge < -0.3 is 15.5 Å². The van der Waals surface area contributed by atoms with E-state index in [4.69, 9.17) is 0 Å². The molecular formula is C9H21N3. The van der Waals surface area contributed by atoms with Crippen LogP contribution >= 0.6 is 0 Å². The Hall–Kier alpha value is -0.120. The Bertz CT molecular complexity index is 108. The van der Waals surface area contributed by atoms with Crippen LogP contribution in [0, 0.1) is 0 Å². The van der Waals surface area contributed by atoms with Crippen molar-refractivity contribution in [2.24, 2.45) is 0 Å². The van der Waals surface area contributed by atoms with Crippen molar-refractivity contribution in [2.45, 2.75) is 18.9 Å². The third-order valence-corrected chi connectivity index (χ3v) is 2.29. The Morgan fingerprint density at radius 2 is 2.33 bits per heavy atom. The Balaban J connectivity index is 1.88. The minimum Gasteiger partial charge on any atom is -0.314 e. The van der Waals surface area contributed by atoms with Crippen molar-refractivity contribution < 1.29 is 0 Å². The first-order valence-electron chi connectivity index (χ1n) is 4.88. The first-order chi connectivity index (χ1) is 5.79. The third kappa shape index (κ3) is 4.04. The second-order valence-corrected chi connectivity index (χ2v) is 3.80. The molecule has 1 aliphatic rings. The fraction of sp³-hybridized carbons (Fsp3) is 1.00. The van der Waals surface area contributed by atoms with Crippen LogP contribution in [0.5, 0.6) is 0 Å². The van der Waals surface area contributed by atoms with Crippen LogP contribution in [0.1, 0.15) is 12.8 Å². The zero-order chi connectivity index (χ0) is 8.81. The lowest BCUT2D eigenvalue weighted by Gasteiger charge is -2.13. The second kappa shape index (κ2) is 5.51. The van der Waals surface area contributed by atoms with Crippen molar-refractivity contribution in [1.29, 1.82) is 0 Å². The van der Waals surface area contributed by atoms with E-state index in [0.29, 0.717) is 0 Å². The molecule has 12 heavy (non-hydrogen) atoms. The third-order valence-electron chi connectivity index (χ3n) is 2.29. The summed E-state index contributed by atoms with van der Waals surface area (Å²) in [5.74, 6) is 0. The van der Waals surface area contributed by atoms with Crippen molar-refractivity contribution in [3.05, 3.63) is 0 Å². The van der Waals surface area contributed by atoms with Gasteiger partial charge in [-0.05, 0) is 33.5 Å². The van der Waals surface area contributed by atoms with E-state index in [2.05, 4.69) is 29.6 Å². The number of hydrogen-bond donors (Lipinski definition) is 2. The molecule has 0 saturated carbocycles. The quantitative estimate of drug-likeness (QED) is 0.565. The highest BCUT2D eigenvalue weighted by atomic mass is 15.1. The van der Waals surface area contributed by atoms with Crippen LogP contribution in [-0.2, 0) is 0 Å². The Morgan fingerprint density at radius 3 is 2.92 bits per heavy atom. The molecule has 1 heterocycles. The SMILES string of the molecule is CN(C)CCNC[C@@H]1CCCN1. The van der Waals surface area contributed by atoms with Crippen LogP contribution in [0.2, 0.25) is 0 Å². The summed E-state index contributed by atoms with van der Waals surface area (Å²) in [6, 6.07) is 0.729. The summed E-state index contributed by atoms with van der Waals surface area (Å²) >= 11 is 0. The summed E-state index contributed by atoms with van der Waals surface area (Å²) in [4.78, 5) is 2.20. The van der Waals surface area contributed by atoms with Gasteiger partial charge in [-0.2, -0.15) is 0 Å². The van der Waals surface area contributed by atoms with Crippen LogP contribution in [0.15, 0.2) is 0 Å². The standard InChI is InChI=1S/C9H21N3/c1-12(2)7-6-10-8-9-4-3-5-11-9/h9-11H,3-8H2,1-2H3/t9-/m0/s1. The minimum absolute atomic E-state index is 0.729. The molecule has 3 heteroatoms. The number of rotatable bonds is 5. The van der Waals surface area contributed by atoms with Gasteiger partial charge in [0.25, 0.3) is 0 Å². The van der Waals surface area contributed by atoms with E-state index < -0.39 is 0 Å². The highest BCUT2D eigenvalue weighted by molar-refractivity contribution is 4.75. The first-order valence-corrected chi connectivity index (χ1v) is 4.88. The summed E-state index contributed by atoms with van der Waals surface area (Å²) in [7, 11) is 4.21. The predicted molar refractivity (Wildman–Crippen MR) is 52.4 cm³/mol. The molecular weight excluding hydrogens is 150 g/mol. The van der Waals surface area contributed by atoms with E-state index in [9.17, 15) is 0 Å². The van der Waals surface area contributed by atoms with E-state index >= 15 is 0 Å². The van der Waals surface area contributed by atoms with Gasteiger partial charge in [0.05, 0.1) is 0 Å². The Morgan fingerprint density at radius 1 is 1.50 bits per heavy atom. The largest absolute Gasteiger partial charge is 0.314 e. The van der Waals surface area contributed by atoms with Crippen LogP contribution in [0.4, 0.5) is 0 Å². The number of nitrogens with zero attached hydrogens (tertiary/aromatic N) is 1. The molecule has 0 spiro atoms. The van der Waals surface area contributed by atoms with Gasteiger partial charge in [-0.25, -0.2) is 0 Å². The zero-order valence-electron chi connectivity index (χ0n) is 8.27. The molecule has 0 radical (unpaired) electrons. The highest BCUT2D eigenvalue weighted by Crippen LogP contribution is 2.02. The van der Waals surface area contributed by atoms with Gasteiger partial charge in [0.2, 0.25) is 0 Å². The molecule has 0 bridgehead atoms. The predicted octanol–water partition coefficient (Wildman–Crippen LogP) is -0.110. The van der Waals surface area contributed by atoms with Crippen molar-refractivity contribution in [2.75, 3.05) is 40.3 Å². The molecule has 1 fully saturated rings. The van der Waals surface area contributed by atoms with E-state index in [1.165, 1.54) is 19.4 Å². The van der Waals surface area contributed by atoms with Crippen LogP contribution in [-0.4, -0.2) is 51.2 Å². The molecule has 1 aliphatic heterocycles. The Kier molecular flexibility index (Phi) is 4.58. The van der Waals surface area contributed by atoms with Gasteiger partial charge in [-0.3, -0.25) is 0 Å².